The van der Waals surface area contributed by atoms with Crippen molar-refractivity contribution >= 4 is 5.78 Å². The van der Waals surface area contributed by atoms with Gasteiger partial charge < -0.3 is 4.74 Å². The number of ketones is 1. The van der Waals surface area contributed by atoms with Gasteiger partial charge >= 0.3 is 0 Å². The summed E-state index contributed by atoms with van der Waals surface area (Å²) in [7, 11) is 0. The number of ether oxygens (including phenoxy) is 1. The first-order chi connectivity index (χ1) is 4.77. The van der Waals surface area contributed by atoms with Gasteiger partial charge in [-0.05, 0) is 13.3 Å². The van der Waals surface area contributed by atoms with Crippen LogP contribution in [-0.4, -0.2) is 18.0 Å². The normalized spacial score (nSPS) is 42.7. The summed E-state index contributed by atoms with van der Waals surface area (Å²) in [6.45, 7) is 1.64. The Bertz CT molecular complexity index is 195. The predicted molar refractivity (Wildman–Crippen MR) is 36.6 cm³/mol. The highest BCUT2D eigenvalue weighted by Gasteiger charge is 2.38. The first kappa shape index (κ1) is 6.10. The molecule has 0 saturated carbocycles. The van der Waals surface area contributed by atoms with Gasteiger partial charge in [-0.15, -0.1) is 0 Å². The van der Waals surface area contributed by atoms with Crippen molar-refractivity contribution in [3.05, 3.63) is 12.2 Å². The standard InChI is InChI=1S/C8H10O2/c1-5(9)7-4-6-2-3-8(7)10-6/h2-3,6-8H,4H2,1H3/t6-,7?,8+/m1/s1. The average molecular weight is 138 g/mol. The highest BCUT2D eigenvalue weighted by atomic mass is 16.5. The van der Waals surface area contributed by atoms with Crippen LogP contribution in [0.3, 0.4) is 0 Å². The van der Waals surface area contributed by atoms with E-state index in [9.17, 15) is 4.79 Å². The Balaban J connectivity index is 2.16. The molecule has 0 aromatic heterocycles. The number of fused-ring (bicyclic) bond motifs is 2. The lowest BCUT2D eigenvalue weighted by Gasteiger charge is -2.09. The summed E-state index contributed by atoms with van der Waals surface area (Å²) in [4.78, 5) is 10.9. The van der Waals surface area contributed by atoms with E-state index in [1.807, 2.05) is 12.2 Å². The summed E-state index contributed by atoms with van der Waals surface area (Å²) in [5, 5.41) is 0. The molecular weight excluding hydrogens is 128 g/mol. The van der Waals surface area contributed by atoms with Gasteiger partial charge in [-0.25, -0.2) is 0 Å². The highest BCUT2D eigenvalue weighted by Crippen LogP contribution is 2.33. The molecule has 54 valence electrons. The maximum atomic E-state index is 10.9. The Labute approximate surface area is 59.9 Å². The van der Waals surface area contributed by atoms with Crippen LogP contribution in [0.15, 0.2) is 12.2 Å². The van der Waals surface area contributed by atoms with Gasteiger partial charge in [-0.2, -0.15) is 0 Å². The topological polar surface area (TPSA) is 26.3 Å². The molecular formula is C8H10O2. The van der Waals surface area contributed by atoms with Crippen LogP contribution in [0.4, 0.5) is 0 Å². The first-order valence-corrected chi connectivity index (χ1v) is 3.61. The van der Waals surface area contributed by atoms with Gasteiger partial charge in [0.2, 0.25) is 0 Å². The largest absolute Gasteiger partial charge is 0.366 e. The molecule has 2 aliphatic rings. The average Bonchev–Trinajstić information content (AvgIpc) is 2.44. The summed E-state index contributed by atoms with van der Waals surface area (Å²) in [6, 6.07) is 0. The van der Waals surface area contributed by atoms with Crippen LogP contribution in [0, 0.1) is 5.92 Å². The molecule has 3 atom stereocenters. The van der Waals surface area contributed by atoms with E-state index in [1.54, 1.807) is 6.92 Å². The number of carbonyl (C=O) groups excluding carboxylic acids is 1. The van der Waals surface area contributed by atoms with Gasteiger partial charge in [0.1, 0.15) is 5.78 Å². The third-order valence-corrected chi connectivity index (χ3v) is 2.25. The van der Waals surface area contributed by atoms with E-state index in [0.717, 1.165) is 6.42 Å². The second-order valence-electron chi connectivity index (χ2n) is 2.98. The highest BCUT2D eigenvalue weighted by molar-refractivity contribution is 5.79. The summed E-state index contributed by atoms with van der Waals surface area (Å²) in [6.07, 6.45) is 5.28. The second-order valence-corrected chi connectivity index (χ2v) is 2.98. The Morgan fingerprint density at radius 2 is 2.40 bits per heavy atom. The molecule has 1 unspecified atom stereocenters. The van der Waals surface area contributed by atoms with Crippen LogP contribution in [0.2, 0.25) is 0 Å². The maximum Gasteiger partial charge on any atom is 0.135 e. The van der Waals surface area contributed by atoms with Crippen molar-refractivity contribution in [2.45, 2.75) is 25.6 Å². The molecule has 0 spiro atoms. The molecule has 1 fully saturated rings. The lowest BCUT2D eigenvalue weighted by molar-refractivity contribution is -0.121. The quantitative estimate of drug-likeness (QED) is 0.503. The molecule has 0 aromatic rings. The van der Waals surface area contributed by atoms with Crippen molar-refractivity contribution in [2.75, 3.05) is 0 Å². The number of rotatable bonds is 1. The molecule has 2 aliphatic heterocycles. The summed E-state index contributed by atoms with van der Waals surface area (Å²) in [5.74, 6) is 0.409. The Morgan fingerprint density at radius 3 is 2.70 bits per heavy atom. The Kier molecular flexibility index (Phi) is 1.17. The number of Topliss-reactive ketones (excluding diaryl/α,β-unsaturated/α-hetero) is 1. The third kappa shape index (κ3) is 0.721. The number of carbonyl (C=O) groups is 1. The van der Waals surface area contributed by atoms with Gasteiger partial charge in [0.25, 0.3) is 0 Å². The van der Waals surface area contributed by atoms with Crippen molar-refractivity contribution in [1.82, 2.24) is 0 Å². The third-order valence-electron chi connectivity index (χ3n) is 2.25. The molecule has 2 heterocycles. The van der Waals surface area contributed by atoms with Crippen molar-refractivity contribution in [2.24, 2.45) is 5.92 Å². The predicted octanol–water partition coefficient (Wildman–Crippen LogP) is 0.919. The van der Waals surface area contributed by atoms with Gasteiger partial charge in [-0.1, -0.05) is 12.2 Å². The molecule has 2 bridgehead atoms. The lowest BCUT2D eigenvalue weighted by atomic mass is 9.91. The van der Waals surface area contributed by atoms with Gasteiger partial charge in [0.05, 0.1) is 18.1 Å². The molecule has 1 saturated heterocycles. The van der Waals surface area contributed by atoms with Crippen LogP contribution >= 0.6 is 0 Å². The fourth-order valence-corrected chi connectivity index (χ4v) is 1.67. The zero-order valence-electron chi connectivity index (χ0n) is 5.91. The minimum atomic E-state index is 0.0995. The molecule has 10 heavy (non-hydrogen) atoms. The molecule has 0 N–H and O–H groups in total. The zero-order valence-corrected chi connectivity index (χ0v) is 5.91. The first-order valence-electron chi connectivity index (χ1n) is 3.61. The summed E-state index contributed by atoms with van der Waals surface area (Å²) < 4.78 is 5.41. The van der Waals surface area contributed by atoms with Crippen LogP contribution in [0.25, 0.3) is 0 Å². The molecule has 2 nitrogen and oxygen atoms in total. The van der Waals surface area contributed by atoms with Gasteiger partial charge in [0.15, 0.2) is 0 Å². The summed E-state index contributed by atoms with van der Waals surface area (Å²) in [5.41, 5.74) is 0. The van der Waals surface area contributed by atoms with E-state index in [1.165, 1.54) is 0 Å². The van der Waals surface area contributed by atoms with E-state index < -0.39 is 0 Å². The van der Waals surface area contributed by atoms with Crippen molar-refractivity contribution in [3.63, 3.8) is 0 Å². The maximum absolute atomic E-state index is 10.9. The minimum Gasteiger partial charge on any atom is -0.366 e. The van der Waals surface area contributed by atoms with Gasteiger partial charge in [-0.3, -0.25) is 4.79 Å². The fraction of sp³-hybridized carbons (Fsp3) is 0.625. The van der Waals surface area contributed by atoms with E-state index in [2.05, 4.69) is 0 Å². The van der Waals surface area contributed by atoms with Crippen LogP contribution in [-0.2, 0) is 9.53 Å². The lowest BCUT2D eigenvalue weighted by Crippen LogP contribution is -2.20. The van der Waals surface area contributed by atoms with E-state index >= 15 is 0 Å². The molecule has 0 aromatic carbocycles. The second kappa shape index (κ2) is 1.92. The molecule has 2 heteroatoms. The van der Waals surface area contributed by atoms with Crippen LogP contribution < -0.4 is 0 Å². The molecule has 0 radical (unpaired) electrons. The monoisotopic (exact) mass is 138 g/mol. The minimum absolute atomic E-state index is 0.0995. The summed E-state index contributed by atoms with van der Waals surface area (Å²) >= 11 is 0. The van der Waals surface area contributed by atoms with Crippen LogP contribution in [0.5, 0.6) is 0 Å². The SMILES string of the molecule is CC(=O)C1C[C@H]2C=C[C@@H]1O2. The number of hydrogen-bond acceptors (Lipinski definition) is 2. The fourth-order valence-electron chi connectivity index (χ4n) is 1.67. The molecule has 0 amide bonds. The Morgan fingerprint density at radius 1 is 1.60 bits per heavy atom. The van der Waals surface area contributed by atoms with Crippen molar-refractivity contribution in [1.29, 1.82) is 0 Å². The van der Waals surface area contributed by atoms with Crippen LogP contribution in [0.1, 0.15) is 13.3 Å². The molecule has 2 rings (SSSR count). The van der Waals surface area contributed by atoms with E-state index in [-0.39, 0.29) is 23.9 Å². The van der Waals surface area contributed by atoms with Crippen molar-refractivity contribution < 1.29 is 9.53 Å². The van der Waals surface area contributed by atoms with Crippen molar-refractivity contribution in [3.8, 4) is 0 Å². The molecule has 0 aliphatic carbocycles. The van der Waals surface area contributed by atoms with E-state index in [0.29, 0.717) is 0 Å². The van der Waals surface area contributed by atoms with Gasteiger partial charge in [0, 0.05) is 0 Å². The number of hydrogen-bond donors (Lipinski definition) is 0. The zero-order chi connectivity index (χ0) is 7.14. The Hall–Kier alpha value is -0.630. The van der Waals surface area contributed by atoms with E-state index in [4.69, 9.17) is 4.74 Å². The smallest absolute Gasteiger partial charge is 0.135 e.